The van der Waals surface area contributed by atoms with Crippen LogP contribution in [-0.2, 0) is 0 Å². The number of ether oxygens (including phenoxy) is 2. The molecule has 5 heteroatoms. The van der Waals surface area contributed by atoms with Gasteiger partial charge in [0.05, 0.1) is 19.2 Å². The molecule has 0 amide bonds. The molecule has 1 aromatic carbocycles. The molecule has 1 N–H and O–H groups in total. The van der Waals surface area contributed by atoms with Gasteiger partial charge in [-0.1, -0.05) is 36.9 Å². The molecule has 2 aliphatic rings. The topological polar surface area (TPSA) is 33.7 Å². The Morgan fingerprint density at radius 3 is 2.42 bits per heavy atom. The van der Waals surface area contributed by atoms with Crippen LogP contribution < -0.4 is 14.8 Å². The molecule has 0 radical (unpaired) electrons. The minimum atomic E-state index is 0.375. The summed E-state index contributed by atoms with van der Waals surface area (Å²) in [6.45, 7) is 4.25. The van der Waals surface area contributed by atoms with E-state index < -0.39 is 0 Å². The second kappa shape index (κ2) is 8.41. The number of hydrogen-bond donors (Lipinski definition) is 1. The van der Waals surface area contributed by atoms with Crippen LogP contribution in [0.3, 0.4) is 0 Å². The minimum absolute atomic E-state index is 0.375. The Balaban J connectivity index is 1.97. The van der Waals surface area contributed by atoms with Crippen molar-refractivity contribution in [1.82, 2.24) is 10.2 Å². The average molecular weight is 353 g/mol. The largest absolute Gasteiger partial charge is 0.493 e. The highest BCUT2D eigenvalue weighted by Gasteiger charge is 2.33. The first-order valence-electron chi connectivity index (χ1n) is 9.11. The molecule has 0 bridgehead atoms. The number of piperazine rings is 1. The summed E-state index contributed by atoms with van der Waals surface area (Å²) in [4.78, 5) is 2.61. The van der Waals surface area contributed by atoms with Gasteiger partial charge in [-0.25, -0.2) is 0 Å². The van der Waals surface area contributed by atoms with Crippen molar-refractivity contribution in [3.05, 3.63) is 22.7 Å². The predicted octanol–water partition coefficient (Wildman–Crippen LogP) is 3.88. The lowest BCUT2D eigenvalue weighted by atomic mass is 9.80. The molecule has 4 nitrogen and oxygen atoms in total. The van der Waals surface area contributed by atoms with Crippen molar-refractivity contribution in [2.75, 3.05) is 40.4 Å². The SMILES string of the molecule is COc1ccc([C@@H](C2CCCCC2)N2CCNCC2)c(Cl)c1OC. The van der Waals surface area contributed by atoms with Crippen molar-refractivity contribution < 1.29 is 9.47 Å². The highest BCUT2D eigenvalue weighted by molar-refractivity contribution is 6.33. The maximum atomic E-state index is 6.78. The zero-order valence-electron chi connectivity index (χ0n) is 14.8. The van der Waals surface area contributed by atoms with E-state index in [1.165, 1.54) is 37.7 Å². The third-order valence-electron chi connectivity index (χ3n) is 5.47. The quantitative estimate of drug-likeness (QED) is 0.871. The van der Waals surface area contributed by atoms with Crippen molar-refractivity contribution >= 4 is 11.6 Å². The summed E-state index contributed by atoms with van der Waals surface area (Å²) < 4.78 is 11.0. The third-order valence-corrected chi connectivity index (χ3v) is 5.86. The molecule has 1 aliphatic heterocycles. The van der Waals surface area contributed by atoms with Crippen LogP contribution >= 0.6 is 11.6 Å². The van der Waals surface area contributed by atoms with Gasteiger partial charge < -0.3 is 14.8 Å². The van der Waals surface area contributed by atoms with Gasteiger partial charge in [0.25, 0.3) is 0 Å². The van der Waals surface area contributed by atoms with Crippen molar-refractivity contribution in [3.63, 3.8) is 0 Å². The molecule has 1 heterocycles. The van der Waals surface area contributed by atoms with Crippen LogP contribution in [0.25, 0.3) is 0 Å². The average Bonchev–Trinajstić information content (AvgIpc) is 2.65. The maximum Gasteiger partial charge on any atom is 0.179 e. The lowest BCUT2D eigenvalue weighted by Gasteiger charge is -2.41. The Morgan fingerprint density at radius 1 is 1.08 bits per heavy atom. The van der Waals surface area contributed by atoms with Crippen molar-refractivity contribution in [2.45, 2.75) is 38.1 Å². The number of methoxy groups -OCH3 is 2. The summed E-state index contributed by atoms with van der Waals surface area (Å²) >= 11 is 6.78. The second-order valence-electron chi connectivity index (χ2n) is 6.83. The van der Waals surface area contributed by atoms with Gasteiger partial charge in [0.15, 0.2) is 11.5 Å². The lowest BCUT2D eigenvalue weighted by molar-refractivity contribution is 0.103. The van der Waals surface area contributed by atoms with Crippen LogP contribution in [0.5, 0.6) is 11.5 Å². The second-order valence-corrected chi connectivity index (χ2v) is 7.21. The standard InChI is InChI=1S/C19H29ClN2O2/c1-23-16-9-8-15(17(20)19(16)24-2)18(14-6-4-3-5-7-14)22-12-10-21-11-13-22/h8-9,14,18,21H,3-7,10-13H2,1-2H3/t18-/m1/s1. The fraction of sp³-hybridized carbons (Fsp3) is 0.684. The van der Waals surface area contributed by atoms with E-state index in [4.69, 9.17) is 21.1 Å². The van der Waals surface area contributed by atoms with Crippen LogP contribution in [0, 0.1) is 5.92 Å². The van der Waals surface area contributed by atoms with Crippen molar-refractivity contribution in [2.24, 2.45) is 5.92 Å². The monoisotopic (exact) mass is 352 g/mol. The summed E-state index contributed by atoms with van der Waals surface area (Å²) in [5.41, 5.74) is 1.20. The van der Waals surface area contributed by atoms with Gasteiger partial charge in [-0.2, -0.15) is 0 Å². The van der Waals surface area contributed by atoms with Gasteiger partial charge in [-0.05, 0) is 30.4 Å². The Labute approximate surface area is 150 Å². The summed E-state index contributed by atoms with van der Waals surface area (Å²) in [5.74, 6) is 2.04. The molecular weight excluding hydrogens is 324 g/mol. The summed E-state index contributed by atoms with van der Waals surface area (Å²) in [5, 5.41) is 4.17. The fourth-order valence-electron chi connectivity index (χ4n) is 4.29. The Kier molecular flexibility index (Phi) is 6.25. The molecule has 1 saturated heterocycles. The van der Waals surface area contributed by atoms with Gasteiger partial charge in [-0.15, -0.1) is 0 Å². The Bertz CT molecular complexity index is 522. The van der Waals surface area contributed by atoms with Gasteiger partial charge >= 0.3 is 0 Å². The maximum absolute atomic E-state index is 6.78. The smallest absolute Gasteiger partial charge is 0.179 e. The molecule has 134 valence electrons. The van der Waals surface area contributed by atoms with Gasteiger partial charge in [-0.3, -0.25) is 4.90 Å². The van der Waals surface area contributed by atoms with E-state index >= 15 is 0 Å². The van der Waals surface area contributed by atoms with Gasteiger partial charge in [0.2, 0.25) is 0 Å². The van der Waals surface area contributed by atoms with Crippen LogP contribution in [0.2, 0.25) is 5.02 Å². The molecule has 0 unspecified atom stereocenters. The van der Waals surface area contributed by atoms with Gasteiger partial charge in [0, 0.05) is 32.2 Å². The number of rotatable bonds is 5. The molecule has 1 saturated carbocycles. The van der Waals surface area contributed by atoms with E-state index in [9.17, 15) is 0 Å². The van der Waals surface area contributed by atoms with Crippen LogP contribution in [0.15, 0.2) is 12.1 Å². The van der Waals surface area contributed by atoms with Crippen molar-refractivity contribution in [1.29, 1.82) is 0 Å². The molecule has 0 aromatic heterocycles. The molecule has 3 rings (SSSR count). The first-order chi connectivity index (χ1) is 11.8. The van der Waals surface area contributed by atoms with Crippen LogP contribution in [0.4, 0.5) is 0 Å². The first kappa shape index (κ1) is 17.8. The minimum Gasteiger partial charge on any atom is -0.493 e. The van der Waals surface area contributed by atoms with E-state index in [0.29, 0.717) is 28.5 Å². The van der Waals surface area contributed by atoms with Crippen LogP contribution in [0.1, 0.15) is 43.7 Å². The molecule has 1 aliphatic carbocycles. The highest BCUT2D eigenvalue weighted by atomic mass is 35.5. The number of benzene rings is 1. The van der Waals surface area contributed by atoms with E-state index in [-0.39, 0.29) is 0 Å². The zero-order valence-corrected chi connectivity index (χ0v) is 15.6. The van der Waals surface area contributed by atoms with E-state index in [1.807, 2.05) is 6.07 Å². The van der Waals surface area contributed by atoms with Gasteiger partial charge in [0.1, 0.15) is 0 Å². The lowest BCUT2D eigenvalue weighted by Crippen LogP contribution is -2.47. The Morgan fingerprint density at radius 2 is 1.79 bits per heavy atom. The summed E-state index contributed by atoms with van der Waals surface area (Å²) in [6.07, 6.45) is 6.61. The van der Waals surface area contributed by atoms with E-state index in [1.54, 1.807) is 14.2 Å². The normalized spacial score (nSPS) is 21.5. The third kappa shape index (κ3) is 3.66. The fourth-order valence-corrected chi connectivity index (χ4v) is 4.64. The van der Waals surface area contributed by atoms with Crippen molar-refractivity contribution in [3.8, 4) is 11.5 Å². The zero-order chi connectivity index (χ0) is 16.9. The molecular formula is C19H29ClN2O2. The van der Waals surface area contributed by atoms with Crippen LogP contribution in [-0.4, -0.2) is 45.3 Å². The predicted molar refractivity (Wildman–Crippen MR) is 98.3 cm³/mol. The number of hydrogen-bond acceptors (Lipinski definition) is 4. The summed E-state index contributed by atoms with van der Waals surface area (Å²) in [7, 11) is 3.32. The number of nitrogens with one attached hydrogen (secondary N) is 1. The highest BCUT2D eigenvalue weighted by Crippen LogP contribution is 2.46. The molecule has 2 fully saturated rings. The van der Waals surface area contributed by atoms with E-state index in [2.05, 4.69) is 16.3 Å². The first-order valence-corrected chi connectivity index (χ1v) is 9.49. The number of nitrogens with zero attached hydrogens (tertiary/aromatic N) is 1. The molecule has 1 atom stereocenters. The molecule has 0 spiro atoms. The Hall–Kier alpha value is -0.970. The summed E-state index contributed by atoms with van der Waals surface area (Å²) in [6, 6.07) is 4.52. The number of halogens is 1. The molecule has 24 heavy (non-hydrogen) atoms. The molecule has 1 aromatic rings. The van der Waals surface area contributed by atoms with E-state index in [0.717, 1.165) is 26.2 Å².